The Hall–Kier alpha value is -2.02. The minimum Gasteiger partial charge on any atom is -0.508 e. The maximum absolute atomic E-state index is 11.6. The van der Waals surface area contributed by atoms with Crippen molar-refractivity contribution in [2.24, 2.45) is 5.92 Å². The van der Waals surface area contributed by atoms with Crippen LogP contribution in [0, 0.1) is 31.1 Å². The van der Waals surface area contributed by atoms with Crippen LogP contribution in [0.1, 0.15) is 23.6 Å². The highest BCUT2D eigenvalue weighted by molar-refractivity contribution is 5.75. The average Bonchev–Trinajstić information content (AvgIpc) is 2.28. The van der Waals surface area contributed by atoms with Crippen molar-refractivity contribution in [2.45, 2.75) is 27.2 Å². The average molecular weight is 247 g/mol. The van der Waals surface area contributed by atoms with Crippen molar-refractivity contribution in [1.29, 1.82) is 5.26 Å². The van der Waals surface area contributed by atoms with Gasteiger partial charge < -0.3 is 9.84 Å². The quantitative estimate of drug-likeness (QED) is 0.828. The van der Waals surface area contributed by atoms with Crippen LogP contribution in [0.25, 0.3) is 0 Å². The number of ether oxygens (including phenoxy) is 1. The van der Waals surface area contributed by atoms with Gasteiger partial charge in [-0.3, -0.25) is 4.79 Å². The summed E-state index contributed by atoms with van der Waals surface area (Å²) in [5, 5.41) is 18.5. The largest absolute Gasteiger partial charge is 0.508 e. The highest BCUT2D eigenvalue weighted by atomic mass is 16.5. The van der Waals surface area contributed by atoms with Gasteiger partial charge in [0.25, 0.3) is 0 Å². The zero-order chi connectivity index (χ0) is 13.7. The summed E-state index contributed by atoms with van der Waals surface area (Å²) in [4.78, 5) is 11.6. The van der Waals surface area contributed by atoms with Crippen LogP contribution in [0.4, 0.5) is 0 Å². The number of hydrogen-bond acceptors (Lipinski definition) is 4. The van der Waals surface area contributed by atoms with E-state index in [0.717, 1.165) is 16.7 Å². The van der Waals surface area contributed by atoms with Gasteiger partial charge in [-0.15, -0.1) is 0 Å². The lowest BCUT2D eigenvalue weighted by atomic mass is 9.93. The van der Waals surface area contributed by atoms with Crippen molar-refractivity contribution in [3.8, 4) is 11.8 Å². The Bertz CT molecular complexity index is 465. The van der Waals surface area contributed by atoms with E-state index in [2.05, 4.69) is 0 Å². The van der Waals surface area contributed by atoms with Gasteiger partial charge in [-0.25, -0.2) is 0 Å². The number of carbonyl (C=O) groups excluding carboxylic acids is 1. The maximum atomic E-state index is 11.6. The smallest absolute Gasteiger partial charge is 0.323 e. The molecule has 1 aromatic carbocycles. The first-order valence-corrected chi connectivity index (χ1v) is 5.85. The Kier molecular flexibility index (Phi) is 4.73. The van der Waals surface area contributed by atoms with E-state index in [9.17, 15) is 9.90 Å². The van der Waals surface area contributed by atoms with E-state index in [1.54, 1.807) is 19.1 Å². The Morgan fingerprint density at radius 3 is 2.44 bits per heavy atom. The van der Waals surface area contributed by atoms with Crippen LogP contribution in [-0.2, 0) is 16.0 Å². The topological polar surface area (TPSA) is 70.3 Å². The van der Waals surface area contributed by atoms with Gasteiger partial charge in [0.2, 0.25) is 0 Å². The van der Waals surface area contributed by atoms with E-state index in [0.29, 0.717) is 6.42 Å². The highest BCUT2D eigenvalue weighted by Gasteiger charge is 2.21. The normalized spacial score (nSPS) is 11.7. The van der Waals surface area contributed by atoms with E-state index in [-0.39, 0.29) is 12.4 Å². The zero-order valence-electron chi connectivity index (χ0n) is 10.9. The molecule has 0 bridgehead atoms. The number of benzene rings is 1. The molecule has 1 aromatic rings. The molecule has 0 amide bonds. The minimum atomic E-state index is -0.799. The minimum absolute atomic E-state index is 0.193. The Morgan fingerprint density at radius 1 is 1.44 bits per heavy atom. The molecule has 96 valence electrons. The van der Waals surface area contributed by atoms with Crippen molar-refractivity contribution in [3.63, 3.8) is 0 Å². The van der Waals surface area contributed by atoms with Crippen molar-refractivity contribution in [2.75, 3.05) is 6.61 Å². The molecule has 0 aromatic heterocycles. The number of phenols is 1. The molecule has 1 N–H and O–H groups in total. The molecule has 0 fully saturated rings. The highest BCUT2D eigenvalue weighted by Crippen LogP contribution is 2.23. The van der Waals surface area contributed by atoms with Crippen LogP contribution in [0.2, 0.25) is 0 Å². The molecule has 1 rings (SSSR count). The summed E-state index contributed by atoms with van der Waals surface area (Å²) in [6.45, 7) is 5.68. The molecule has 4 heteroatoms. The van der Waals surface area contributed by atoms with Gasteiger partial charge in [-0.2, -0.15) is 5.26 Å². The number of rotatable bonds is 4. The fourth-order valence-corrected chi connectivity index (χ4v) is 1.92. The van der Waals surface area contributed by atoms with Gasteiger partial charge in [-0.1, -0.05) is 0 Å². The maximum Gasteiger partial charge on any atom is 0.323 e. The van der Waals surface area contributed by atoms with Gasteiger partial charge in [-0.05, 0) is 56.0 Å². The second-order valence-corrected chi connectivity index (χ2v) is 4.20. The Morgan fingerprint density at radius 2 is 2.00 bits per heavy atom. The molecule has 0 saturated carbocycles. The van der Waals surface area contributed by atoms with Crippen molar-refractivity contribution < 1.29 is 14.6 Å². The molecular formula is C14H17NO3. The number of esters is 1. The Labute approximate surface area is 107 Å². The molecular weight excluding hydrogens is 230 g/mol. The molecule has 0 aliphatic rings. The number of nitriles is 1. The molecule has 1 atom stereocenters. The summed E-state index contributed by atoms with van der Waals surface area (Å²) in [6.07, 6.45) is 0.313. The van der Waals surface area contributed by atoms with Gasteiger partial charge in [0, 0.05) is 0 Å². The fourth-order valence-electron chi connectivity index (χ4n) is 1.92. The molecule has 0 spiro atoms. The molecule has 0 saturated heterocycles. The second kappa shape index (κ2) is 6.06. The van der Waals surface area contributed by atoms with Gasteiger partial charge in [0.15, 0.2) is 0 Å². The van der Waals surface area contributed by atoms with Crippen molar-refractivity contribution in [1.82, 2.24) is 0 Å². The summed E-state index contributed by atoms with van der Waals surface area (Å²) in [5.41, 5.74) is 2.65. The summed E-state index contributed by atoms with van der Waals surface area (Å²) < 4.78 is 4.86. The third-order valence-corrected chi connectivity index (χ3v) is 2.82. The van der Waals surface area contributed by atoms with Crippen LogP contribution >= 0.6 is 0 Å². The third kappa shape index (κ3) is 3.24. The van der Waals surface area contributed by atoms with Crippen LogP contribution in [-0.4, -0.2) is 17.7 Å². The zero-order valence-corrected chi connectivity index (χ0v) is 10.9. The van der Waals surface area contributed by atoms with E-state index >= 15 is 0 Å². The molecule has 0 heterocycles. The Balaban J connectivity index is 2.96. The number of aromatic hydroxyl groups is 1. The number of nitrogens with zero attached hydrogens (tertiary/aromatic N) is 1. The van der Waals surface area contributed by atoms with E-state index < -0.39 is 11.9 Å². The van der Waals surface area contributed by atoms with Gasteiger partial charge in [0.1, 0.15) is 11.7 Å². The molecule has 18 heavy (non-hydrogen) atoms. The summed E-state index contributed by atoms with van der Waals surface area (Å²) in [7, 11) is 0. The van der Waals surface area contributed by atoms with Crippen molar-refractivity contribution >= 4 is 5.97 Å². The summed E-state index contributed by atoms with van der Waals surface area (Å²) in [5.74, 6) is -1.10. The van der Waals surface area contributed by atoms with Crippen LogP contribution < -0.4 is 0 Å². The first-order chi connectivity index (χ1) is 8.49. The van der Waals surface area contributed by atoms with E-state index in [1.165, 1.54) is 0 Å². The predicted octanol–water partition coefficient (Wildman–Crippen LogP) is 2.25. The molecule has 0 radical (unpaired) electrons. The molecule has 0 aliphatic carbocycles. The predicted molar refractivity (Wildman–Crippen MR) is 67.0 cm³/mol. The molecule has 4 nitrogen and oxygen atoms in total. The number of phenolic OH excluding ortho intramolecular Hbond substituents is 1. The van der Waals surface area contributed by atoms with Crippen LogP contribution in [0.15, 0.2) is 12.1 Å². The number of hydrogen-bond donors (Lipinski definition) is 1. The number of carbonyl (C=O) groups is 1. The number of aryl methyl sites for hydroxylation is 2. The first-order valence-electron chi connectivity index (χ1n) is 5.85. The lowest BCUT2D eigenvalue weighted by Crippen LogP contribution is -2.19. The summed E-state index contributed by atoms with van der Waals surface area (Å²) >= 11 is 0. The van der Waals surface area contributed by atoms with E-state index in [4.69, 9.17) is 10.00 Å². The fraction of sp³-hybridized carbons (Fsp3) is 0.429. The first kappa shape index (κ1) is 14.0. The van der Waals surface area contributed by atoms with Crippen LogP contribution in [0.5, 0.6) is 5.75 Å². The lowest BCUT2D eigenvalue weighted by Gasteiger charge is -2.13. The van der Waals surface area contributed by atoms with Crippen molar-refractivity contribution in [3.05, 3.63) is 28.8 Å². The van der Waals surface area contributed by atoms with Gasteiger partial charge >= 0.3 is 5.97 Å². The standard InChI is InChI=1S/C14H17NO3/c1-4-18-14(17)11(8-15)7-13-9(2)5-12(16)6-10(13)3/h5-6,11,16H,4,7H2,1-3H3/t11-/m1/s1. The molecule has 0 unspecified atom stereocenters. The third-order valence-electron chi connectivity index (χ3n) is 2.82. The second-order valence-electron chi connectivity index (χ2n) is 4.20. The lowest BCUT2D eigenvalue weighted by molar-refractivity contribution is -0.145. The monoisotopic (exact) mass is 247 g/mol. The van der Waals surface area contributed by atoms with E-state index in [1.807, 2.05) is 19.9 Å². The SMILES string of the molecule is CCOC(=O)[C@@H](C#N)Cc1c(C)cc(O)cc1C. The van der Waals surface area contributed by atoms with Crippen LogP contribution in [0.3, 0.4) is 0 Å². The van der Waals surface area contributed by atoms with Gasteiger partial charge in [0.05, 0.1) is 12.7 Å². The summed E-state index contributed by atoms with van der Waals surface area (Å²) in [6, 6.07) is 5.22. The molecule has 0 aliphatic heterocycles.